The van der Waals surface area contributed by atoms with E-state index in [4.69, 9.17) is 9.72 Å². The zero-order chi connectivity index (χ0) is 21.9. The molecule has 7 heteroatoms. The Kier molecular flexibility index (Phi) is 6.10. The van der Waals surface area contributed by atoms with Gasteiger partial charge in [-0.05, 0) is 74.8 Å². The van der Waals surface area contributed by atoms with Crippen LogP contribution in [-0.2, 0) is 16.1 Å². The predicted octanol–water partition coefficient (Wildman–Crippen LogP) is 3.56. The van der Waals surface area contributed by atoms with Crippen molar-refractivity contribution in [2.24, 2.45) is 5.92 Å². The second-order valence-electron chi connectivity index (χ2n) is 8.89. The van der Waals surface area contributed by atoms with Crippen molar-refractivity contribution in [3.8, 4) is 0 Å². The standard InChI is InChI=1S/C25H31N5O2/c1-18-2-7-22-23(16-18)28-24(27-22)17-29-10-8-19(9-11-29)25(31)26-20-3-5-21(6-4-20)30-12-14-32-15-13-30/h2-7,16,19H,8-15,17H2,1H3,(H,26,31)(H,27,28). The number of nitrogens with one attached hydrogen (secondary N) is 2. The molecule has 2 N–H and O–H groups in total. The smallest absolute Gasteiger partial charge is 0.227 e. The predicted molar refractivity (Wildman–Crippen MR) is 127 cm³/mol. The summed E-state index contributed by atoms with van der Waals surface area (Å²) < 4.78 is 5.42. The fourth-order valence-corrected chi connectivity index (χ4v) is 4.64. The van der Waals surface area contributed by atoms with E-state index >= 15 is 0 Å². The first kappa shape index (κ1) is 21.0. The fourth-order valence-electron chi connectivity index (χ4n) is 4.64. The Labute approximate surface area is 188 Å². The fraction of sp³-hybridized carbons (Fsp3) is 0.440. The largest absolute Gasteiger partial charge is 0.378 e. The Morgan fingerprint density at radius 3 is 2.59 bits per heavy atom. The van der Waals surface area contributed by atoms with Crippen LogP contribution in [0.4, 0.5) is 11.4 Å². The number of aromatic nitrogens is 2. The monoisotopic (exact) mass is 433 g/mol. The van der Waals surface area contributed by atoms with Crippen molar-refractivity contribution in [3.05, 3.63) is 53.9 Å². The van der Waals surface area contributed by atoms with Crippen LogP contribution in [0.25, 0.3) is 11.0 Å². The number of hydrogen-bond donors (Lipinski definition) is 2. The molecule has 5 rings (SSSR count). The molecule has 2 fully saturated rings. The summed E-state index contributed by atoms with van der Waals surface area (Å²) >= 11 is 0. The van der Waals surface area contributed by atoms with Gasteiger partial charge in [-0.15, -0.1) is 0 Å². The van der Waals surface area contributed by atoms with Crippen LogP contribution in [0.2, 0.25) is 0 Å². The summed E-state index contributed by atoms with van der Waals surface area (Å²) in [5.74, 6) is 1.18. The Balaban J connectivity index is 1.11. The van der Waals surface area contributed by atoms with Crippen LogP contribution in [0.15, 0.2) is 42.5 Å². The van der Waals surface area contributed by atoms with E-state index in [1.54, 1.807) is 0 Å². The lowest BCUT2D eigenvalue weighted by atomic mass is 9.96. The first-order valence-corrected chi connectivity index (χ1v) is 11.6. The van der Waals surface area contributed by atoms with Gasteiger partial charge < -0.3 is 19.9 Å². The number of aryl methyl sites for hydroxylation is 1. The number of imidazole rings is 1. The van der Waals surface area contributed by atoms with Crippen molar-refractivity contribution >= 4 is 28.3 Å². The molecule has 1 amide bonds. The van der Waals surface area contributed by atoms with Crippen molar-refractivity contribution in [3.63, 3.8) is 0 Å². The molecule has 3 aromatic rings. The summed E-state index contributed by atoms with van der Waals surface area (Å²) in [6.07, 6.45) is 1.74. The van der Waals surface area contributed by atoms with Gasteiger partial charge in [0.25, 0.3) is 0 Å². The number of aromatic amines is 1. The minimum atomic E-state index is 0.0588. The van der Waals surface area contributed by atoms with Crippen LogP contribution < -0.4 is 10.2 Å². The van der Waals surface area contributed by atoms with E-state index in [-0.39, 0.29) is 11.8 Å². The third-order valence-electron chi connectivity index (χ3n) is 6.53. The molecule has 0 aliphatic carbocycles. The van der Waals surface area contributed by atoms with E-state index < -0.39 is 0 Å². The van der Waals surface area contributed by atoms with Gasteiger partial charge in [0, 0.05) is 30.4 Å². The van der Waals surface area contributed by atoms with E-state index in [1.165, 1.54) is 11.3 Å². The number of rotatable bonds is 5. The molecule has 168 valence electrons. The molecular weight excluding hydrogens is 402 g/mol. The lowest BCUT2D eigenvalue weighted by Gasteiger charge is -2.30. The first-order valence-electron chi connectivity index (χ1n) is 11.6. The average Bonchev–Trinajstić information content (AvgIpc) is 3.22. The first-order chi connectivity index (χ1) is 15.6. The number of hydrogen-bond acceptors (Lipinski definition) is 5. The van der Waals surface area contributed by atoms with Gasteiger partial charge in [0.2, 0.25) is 5.91 Å². The van der Waals surface area contributed by atoms with Crippen molar-refractivity contribution in [1.82, 2.24) is 14.9 Å². The number of likely N-dealkylation sites (tertiary alicyclic amines) is 1. The number of nitrogens with zero attached hydrogens (tertiary/aromatic N) is 3. The van der Waals surface area contributed by atoms with Crippen LogP contribution in [0, 0.1) is 12.8 Å². The highest BCUT2D eigenvalue weighted by Crippen LogP contribution is 2.23. The zero-order valence-corrected chi connectivity index (χ0v) is 18.6. The van der Waals surface area contributed by atoms with Gasteiger partial charge in [-0.3, -0.25) is 9.69 Å². The maximum Gasteiger partial charge on any atom is 0.227 e. The molecule has 7 nitrogen and oxygen atoms in total. The SMILES string of the molecule is Cc1ccc2nc(CN3CCC(C(=O)Nc4ccc(N5CCOCC5)cc4)CC3)[nH]c2c1. The van der Waals surface area contributed by atoms with E-state index in [1.807, 2.05) is 12.1 Å². The quantitative estimate of drug-likeness (QED) is 0.644. The van der Waals surface area contributed by atoms with Gasteiger partial charge in [0.15, 0.2) is 0 Å². The molecule has 2 aliphatic rings. The molecule has 1 aromatic heterocycles. The Morgan fingerprint density at radius 1 is 1.09 bits per heavy atom. The topological polar surface area (TPSA) is 73.5 Å². The third-order valence-corrected chi connectivity index (χ3v) is 6.53. The second kappa shape index (κ2) is 9.30. The van der Waals surface area contributed by atoms with Gasteiger partial charge in [-0.2, -0.15) is 0 Å². The number of benzene rings is 2. The van der Waals surface area contributed by atoms with E-state index in [9.17, 15) is 4.79 Å². The van der Waals surface area contributed by atoms with Gasteiger partial charge in [0.05, 0.1) is 30.8 Å². The van der Waals surface area contributed by atoms with Gasteiger partial charge >= 0.3 is 0 Å². The van der Waals surface area contributed by atoms with Crippen molar-refractivity contribution in [2.75, 3.05) is 49.6 Å². The molecule has 0 atom stereocenters. The summed E-state index contributed by atoms with van der Waals surface area (Å²) in [5, 5.41) is 3.11. The summed E-state index contributed by atoms with van der Waals surface area (Å²) in [5.41, 5.74) is 5.39. The lowest BCUT2D eigenvalue weighted by Crippen LogP contribution is -2.38. The molecule has 2 aliphatic heterocycles. The molecule has 3 heterocycles. The third kappa shape index (κ3) is 4.79. The van der Waals surface area contributed by atoms with Crippen LogP contribution in [0.1, 0.15) is 24.2 Å². The highest BCUT2D eigenvalue weighted by Gasteiger charge is 2.25. The molecule has 0 bridgehead atoms. The van der Waals surface area contributed by atoms with Crippen LogP contribution in [0.5, 0.6) is 0 Å². The molecular formula is C25H31N5O2. The molecule has 0 unspecified atom stereocenters. The van der Waals surface area contributed by atoms with Crippen LogP contribution in [-0.4, -0.2) is 60.2 Å². The molecule has 32 heavy (non-hydrogen) atoms. The number of anilines is 2. The number of amides is 1. The van der Waals surface area contributed by atoms with Gasteiger partial charge in [-0.1, -0.05) is 6.07 Å². The Morgan fingerprint density at radius 2 is 1.84 bits per heavy atom. The zero-order valence-electron chi connectivity index (χ0n) is 18.6. The molecule has 0 radical (unpaired) electrons. The maximum atomic E-state index is 12.8. The van der Waals surface area contributed by atoms with Gasteiger partial charge in [-0.25, -0.2) is 4.98 Å². The van der Waals surface area contributed by atoms with E-state index in [0.717, 1.165) is 81.3 Å². The van der Waals surface area contributed by atoms with Crippen molar-refractivity contribution in [1.29, 1.82) is 0 Å². The summed E-state index contributed by atoms with van der Waals surface area (Å²) in [4.78, 5) is 25.6. The summed E-state index contributed by atoms with van der Waals surface area (Å²) in [6, 6.07) is 14.5. The summed E-state index contributed by atoms with van der Waals surface area (Å²) in [6.45, 7) is 8.07. The molecule has 0 spiro atoms. The number of ether oxygens (including phenoxy) is 1. The second-order valence-corrected chi connectivity index (χ2v) is 8.89. The van der Waals surface area contributed by atoms with Crippen molar-refractivity contribution < 1.29 is 9.53 Å². The minimum absolute atomic E-state index is 0.0588. The Hall–Kier alpha value is -2.90. The average molecular weight is 434 g/mol. The number of carbonyl (C=O) groups is 1. The van der Waals surface area contributed by atoms with Crippen LogP contribution >= 0.6 is 0 Å². The molecule has 0 saturated carbocycles. The normalized spacial score (nSPS) is 18.2. The lowest BCUT2D eigenvalue weighted by molar-refractivity contribution is -0.121. The molecule has 2 aromatic carbocycles. The summed E-state index contributed by atoms with van der Waals surface area (Å²) in [7, 11) is 0. The number of fused-ring (bicyclic) bond motifs is 1. The molecule has 2 saturated heterocycles. The number of carbonyl (C=O) groups excluding carboxylic acids is 1. The van der Waals surface area contributed by atoms with Crippen molar-refractivity contribution in [2.45, 2.75) is 26.3 Å². The number of morpholine rings is 1. The minimum Gasteiger partial charge on any atom is -0.378 e. The van der Waals surface area contributed by atoms with Gasteiger partial charge in [0.1, 0.15) is 5.82 Å². The Bertz CT molecular complexity index is 1060. The van der Waals surface area contributed by atoms with E-state index in [0.29, 0.717) is 0 Å². The number of piperidine rings is 1. The highest BCUT2D eigenvalue weighted by atomic mass is 16.5. The van der Waals surface area contributed by atoms with E-state index in [2.05, 4.69) is 57.4 Å². The van der Waals surface area contributed by atoms with Crippen LogP contribution in [0.3, 0.4) is 0 Å². The number of H-pyrrole nitrogens is 1. The maximum absolute atomic E-state index is 12.8. The highest BCUT2D eigenvalue weighted by molar-refractivity contribution is 5.92.